The Labute approximate surface area is 198 Å². The highest BCUT2D eigenvalue weighted by Crippen LogP contribution is 2.32. The molecule has 7 heteroatoms. The van der Waals surface area contributed by atoms with Gasteiger partial charge >= 0.3 is 0 Å². The Morgan fingerprint density at radius 2 is 1.83 bits per heavy atom. The molecule has 3 atom stereocenters. The molecule has 29 heavy (non-hydrogen) atoms. The largest absolute Gasteiger partial charge is 0.357 e. The summed E-state index contributed by atoms with van der Waals surface area (Å²) in [5, 5.41) is 7.95. The molecule has 2 heterocycles. The van der Waals surface area contributed by atoms with Crippen LogP contribution < -0.4 is 10.6 Å². The summed E-state index contributed by atoms with van der Waals surface area (Å²) < 4.78 is 0. The van der Waals surface area contributed by atoms with Gasteiger partial charge < -0.3 is 20.4 Å². The van der Waals surface area contributed by atoms with Crippen LogP contribution in [0.2, 0.25) is 5.02 Å². The average molecular weight is 534 g/mol. The van der Waals surface area contributed by atoms with E-state index in [9.17, 15) is 0 Å². The Hall–Kier alpha value is -0.570. The van der Waals surface area contributed by atoms with Crippen molar-refractivity contribution in [2.75, 3.05) is 34.2 Å². The molecule has 3 unspecified atom stereocenters. The molecular weight excluding hydrogens is 497 g/mol. The van der Waals surface area contributed by atoms with Gasteiger partial charge in [-0.2, -0.15) is 0 Å². The molecule has 164 valence electrons. The van der Waals surface area contributed by atoms with Crippen molar-refractivity contribution in [1.82, 2.24) is 20.4 Å². The number of aliphatic imine (C=N–C) groups is 1. The van der Waals surface area contributed by atoms with Crippen LogP contribution in [-0.4, -0.2) is 68.1 Å². The first-order chi connectivity index (χ1) is 13.5. The fraction of sp³-hybridized carbons (Fsp3) is 0.682. The zero-order valence-corrected chi connectivity index (χ0v) is 21.3. The van der Waals surface area contributed by atoms with Gasteiger partial charge in [0.15, 0.2) is 5.96 Å². The lowest BCUT2D eigenvalue weighted by atomic mass is 9.82. The Kier molecular flexibility index (Phi) is 9.98. The number of nitrogens with one attached hydrogen (secondary N) is 2. The summed E-state index contributed by atoms with van der Waals surface area (Å²) in [6.45, 7) is 3.71. The molecule has 1 aromatic rings. The van der Waals surface area contributed by atoms with Crippen LogP contribution in [0, 0.1) is 0 Å². The lowest BCUT2D eigenvalue weighted by molar-refractivity contribution is 0.0526. The minimum absolute atomic E-state index is 0. The van der Waals surface area contributed by atoms with Gasteiger partial charge in [0.05, 0.1) is 12.6 Å². The summed E-state index contributed by atoms with van der Waals surface area (Å²) in [6.07, 6.45) is 6.47. The molecule has 2 bridgehead atoms. The Bertz CT molecular complexity index is 637. The Balaban J connectivity index is 0.00000300. The highest BCUT2D eigenvalue weighted by atomic mass is 127. The number of fused-ring (bicyclic) bond motifs is 2. The number of hydrogen-bond acceptors (Lipinski definition) is 3. The quantitative estimate of drug-likeness (QED) is 0.328. The van der Waals surface area contributed by atoms with E-state index >= 15 is 0 Å². The molecule has 2 N–H and O–H groups in total. The van der Waals surface area contributed by atoms with Gasteiger partial charge in [0, 0.05) is 29.7 Å². The van der Waals surface area contributed by atoms with E-state index in [0.717, 1.165) is 29.6 Å². The van der Waals surface area contributed by atoms with E-state index in [1.807, 2.05) is 12.1 Å². The fourth-order valence-corrected chi connectivity index (χ4v) is 4.80. The van der Waals surface area contributed by atoms with Gasteiger partial charge in [-0.05, 0) is 71.4 Å². The monoisotopic (exact) mass is 533 g/mol. The summed E-state index contributed by atoms with van der Waals surface area (Å²) in [7, 11) is 6.51. The van der Waals surface area contributed by atoms with Crippen molar-refractivity contribution in [1.29, 1.82) is 0 Å². The molecule has 2 saturated heterocycles. The van der Waals surface area contributed by atoms with E-state index in [2.05, 4.69) is 60.6 Å². The molecule has 3 rings (SSSR count). The fourth-order valence-electron chi connectivity index (χ4n) is 4.68. The van der Waals surface area contributed by atoms with Crippen molar-refractivity contribution >= 4 is 41.5 Å². The first kappa shape index (κ1) is 24.7. The van der Waals surface area contributed by atoms with E-state index < -0.39 is 0 Å². The van der Waals surface area contributed by atoms with E-state index in [4.69, 9.17) is 16.6 Å². The van der Waals surface area contributed by atoms with E-state index in [1.165, 1.54) is 37.7 Å². The van der Waals surface area contributed by atoms with Crippen LogP contribution in [0.3, 0.4) is 0 Å². The van der Waals surface area contributed by atoms with Crippen LogP contribution in [0.25, 0.3) is 0 Å². The molecule has 5 nitrogen and oxygen atoms in total. The number of rotatable bonds is 6. The van der Waals surface area contributed by atoms with Crippen molar-refractivity contribution in [3.63, 3.8) is 0 Å². The number of halogens is 2. The van der Waals surface area contributed by atoms with Crippen molar-refractivity contribution in [2.45, 2.75) is 63.2 Å². The van der Waals surface area contributed by atoms with Gasteiger partial charge in [0.2, 0.25) is 0 Å². The molecule has 2 aliphatic rings. The van der Waals surface area contributed by atoms with Gasteiger partial charge in [-0.15, -0.1) is 24.0 Å². The molecular formula is C22H37ClIN5. The number of piperidine rings is 2. The SMILES string of the molecule is CCNC(=NCC(c1ccc(Cl)cc1)N(C)C)NC1CC2CCCC(C1)N2C.I. The van der Waals surface area contributed by atoms with Gasteiger partial charge in [0.1, 0.15) is 0 Å². The van der Waals surface area contributed by atoms with Gasteiger partial charge in [-0.25, -0.2) is 0 Å². The maximum atomic E-state index is 6.06. The molecule has 0 spiro atoms. The van der Waals surface area contributed by atoms with Crippen LogP contribution in [-0.2, 0) is 0 Å². The van der Waals surface area contributed by atoms with Crippen LogP contribution in [0.5, 0.6) is 0 Å². The molecule has 0 amide bonds. The number of hydrogen-bond donors (Lipinski definition) is 2. The summed E-state index contributed by atoms with van der Waals surface area (Å²) >= 11 is 6.06. The van der Waals surface area contributed by atoms with Crippen LogP contribution in [0.15, 0.2) is 29.3 Å². The predicted molar refractivity (Wildman–Crippen MR) is 135 cm³/mol. The third-order valence-electron chi connectivity index (χ3n) is 6.33. The Morgan fingerprint density at radius 1 is 1.21 bits per heavy atom. The lowest BCUT2D eigenvalue weighted by Crippen LogP contribution is -2.56. The second kappa shape index (κ2) is 11.7. The van der Waals surface area contributed by atoms with Crippen LogP contribution in [0.4, 0.5) is 0 Å². The smallest absolute Gasteiger partial charge is 0.191 e. The summed E-state index contributed by atoms with van der Waals surface area (Å²) in [4.78, 5) is 9.77. The third kappa shape index (κ3) is 6.71. The maximum Gasteiger partial charge on any atom is 0.191 e. The van der Waals surface area contributed by atoms with Gasteiger partial charge in [-0.1, -0.05) is 30.2 Å². The first-order valence-electron chi connectivity index (χ1n) is 10.7. The van der Waals surface area contributed by atoms with E-state index in [-0.39, 0.29) is 30.0 Å². The highest BCUT2D eigenvalue weighted by molar-refractivity contribution is 14.0. The highest BCUT2D eigenvalue weighted by Gasteiger charge is 2.36. The van der Waals surface area contributed by atoms with Crippen LogP contribution >= 0.6 is 35.6 Å². The normalized spacial score (nSPS) is 26.0. The third-order valence-corrected chi connectivity index (χ3v) is 6.58. The molecule has 1 aromatic carbocycles. The molecule has 0 aromatic heterocycles. The zero-order chi connectivity index (χ0) is 20.1. The number of guanidine groups is 1. The molecule has 2 fully saturated rings. The lowest BCUT2D eigenvalue weighted by Gasteiger charge is -2.47. The van der Waals surface area contributed by atoms with Crippen molar-refractivity contribution in [3.8, 4) is 0 Å². The molecule has 0 radical (unpaired) electrons. The van der Waals surface area contributed by atoms with Crippen molar-refractivity contribution < 1.29 is 0 Å². The minimum Gasteiger partial charge on any atom is -0.357 e. The summed E-state index contributed by atoms with van der Waals surface area (Å²) in [6, 6.07) is 10.3. The zero-order valence-electron chi connectivity index (χ0n) is 18.2. The molecule has 0 saturated carbocycles. The molecule has 2 aliphatic heterocycles. The van der Waals surface area contributed by atoms with E-state index in [0.29, 0.717) is 12.6 Å². The molecule has 0 aliphatic carbocycles. The topological polar surface area (TPSA) is 42.9 Å². The van der Waals surface area contributed by atoms with Crippen LogP contribution in [0.1, 0.15) is 50.6 Å². The average Bonchev–Trinajstić information content (AvgIpc) is 2.64. The second-order valence-corrected chi connectivity index (χ2v) is 8.90. The van der Waals surface area contributed by atoms with Crippen molar-refractivity contribution in [3.05, 3.63) is 34.9 Å². The van der Waals surface area contributed by atoms with E-state index in [1.54, 1.807) is 0 Å². The summed E-state index contributed by atoms with van der Waals surface area (Å²) in [5.41, 5.74) is 1.24. The Morgan fingerprint density at radius 3 is 2.38 bits per heavy atom. The van der Waals surface area contributed by atoms with Crippen molar-refractivity contribution in [2.24, 2.45) is 4.99 Å². The minimum atomic E-state index is 0. The number of likely N-dealkylation sites (N-methyl/N-ethyl adjacent to an activating group) is 1. The summed E-state index contributed by atoms with van der Waals surface area (Å²) in [5.74, 6) is 0.941. The first-order valence-corrected chi connectivity index (χ1v) is 11.0. The number of benzene rings is 1. The standard InChI is InChI=1S/C22H36ClN5.HI/c1-5-24-22(26-18-13-19-7-6-8-20(14-18)28(19)4)25-15-21(27(2)3)16-9-11-17(23)12-10-16;/h9-12,18-21H,5-8,13-15H2,1-4H3,(H2,24,25,26);1H. The van der Waals surface area contributed by atoms with Gasteiger partial charge in [-0.3, -0.25) is 4.99 Å². The maximum absolute atomic E-state index is 6.06. The van der Waals surface area contributed by atoms with Gasteiger partial charge in [0.25, 0.3) is 0 Å². The number of nitrogens with zero attached hydrogens (tertiary/aromatic N) is 3. The predicted octanol–water partition coefficient (Wildman–Crippen LogP) is 4.13. The second-order valence-electron chi connectivity index (χ2n) is 8.47.